The van der Waals surface area contributed by atoms with Crippen molar-refractivity contribution in [2.45, 2.75) is 44.1 Å². The van der Waals surface area contributed by atoms with E-state index in [-0.39, 0.29) is 24.8 Å². The van der Waals surface area contributed by atoms with Crippen LogP contribution in [0.4, 0.5) is 4.39 Å². The van der Waals surface area contributed by atoms with E-state index in [9.17, 15) is 14.0 Å². The fourth-order valence-electron chi connectivity index (χ4n) is 2.83. The van der Waals surface area contributed by atoms with Crippen LogP contribution in [-0.2, 0) is 9.59 Å². The van der Waals surface area contributed by atoms with E-state index in [0.717, 1.165) is 19.3 Å². The van der Waals surface area contributed by atoms with E-state index >= 15 is 0 Å². The van der Waals surface area contributed by atoms with E-state index < -0.39 is 12.2 Å². The van der Waals surface area contributed by atoms with Crippen molar-refractivity contribution in [3.63, 3.8) is 0 Å². The number of nitrogens with zero attached hydrogens (tertiary/aromatic N) is 1. The largest absolute Gasteiger partial charge is 0.342 e. The maximum absolute atomic E-state index is 12.4. The van der Waals surface area contributed by atoms with Crippen molar-refractivity contribution in [1.29, 1.82) is 0 Å². The molecule has 1 aliphatic heterocycles. The Kier molecular flexibility index (Phi) is 3.64. The van der Waals surface area contributed by atoms with Crippen molar-refractivity contribution in [3.8, 4) is 0 Å². The van der Waals surface area contributed by atoms with Crippen LogP contribution in [0.3, 0.4) is 0 Å². The van der Waals surface area contributed by atoms with Gasteiger partial charge in [-0.1, -0.05) is 19.3 Å². The predicted molar refractivity (Wildman–Crippen MR) is 61.1 cm³/mol. The molecule has 2 fully saturated rings. The Morgan fingerprint density at radius 1 is 1.24 bits per heavy atom. The van der Waals surface area contributed by atoms with Crippen molar-refractivity contribution in [3.05, 3.63) is 0 Å². The second-order valence-electron chi connectivity index (χ2n) is 4.92. The molecule has 0 unspecified atom stereocenters. The number of amides is 2. The number of halogens is 1. The van der Waals surface area contributed by atoms with Crippen molar-refractivity contribution in [1.82, 2.24) is 10.2 Å². The minimum absolute atomic E-state index is 0.0818. The molecule has 2 rings (SSSR count). The number of rotatable bonds is 2. The molecule has 0 aromatic heterocycles. The zero-order valence-electron chi connectivity index (χ0n) is 10.0. The van der Waals surface area contributed by atoms with Gasteiger partial charge < -0.3 is 10.2 Å². The SMILES string of the molecule is O=C1CCN(CCF)C(=O)C2(CCCCC2)N1. The molecule has 4 nitrogen and oxygen atoms in total. The molecule has 1 aliphatic carbocycles. The third-order valence-corrected chi connectivity index (χ3v) is 3.75. The highest BCUT2D eigenvalue weighted by Crippen LogP contribution is 2.31. The minimum atomic E-state index is -0.735. The van der Waals surface area contributed by atoms with Gasteiger partial charge in [0.05, 0.1) is 0 Å². The van der Waals surface area contributed by atoms with Crippen molar-refractivity contribution >= 4 is 11.8 Å². The topological polar surface area (TPSA) is 49.4 Å². The normalized spacial score (nSPS) is 24.6. The van der Waals surface area contributed by atoms with E-state index in [1.165, 1.54) is 4.90 Å². The highest BCUT2D eigenvalue weighted by molar-refractivity contribution is 5.93. The van der Waals surface area contributed by atoms with Crippen LogP contribution in [-0.4, -0.2) is 42.0 Å². The van der Waals surface area contributed by atoms with Crippen molar-refractivity contribution in [2.24, 2.45) is 0 Å². The first-order valence-corrected chi connectivity index (χ1v) is 6.34. The Morgan fingerprint density at radius 2 is 1.94 bits per heavy atom. The number of carbonyl (C=O) groups excluding carboxylic acids is 2. The van der Waals surface area contributed by atoms with Gasteiger partial charge in [0.15, 0.2) is 0 Å². The summed E-state index contributed by atoms with van der Waals surface area (Å²) in [6, 6.07) is 0. The quantitative estimate of drug-likeness (QED) is 0.785. The molecule has 1 heterocycles. The molecule has 2 amide bonds. The van der Waals surface area contributed by atoms with Gasteiger partial charge >= 0.3 is 0 Å². The molecule has 0 aromatic rings. The highest BCUT2D eigenvalue weighted by Gasteiger charge is 2.44. The first-order chi connectivity index (χ1) is 8.18. The van der Waals surface area contributed by atoms with Crippen LogP contribution < -0.4 is 5.32 Å². The number of hydrogen-bond acceptors (Lipinski definition) is 2. The summed E-state index contributed by atoms with van der Waals surface area (Å²) in [6.07, 6.45) is 4.69. The Labute approximate surface area is 101 Å². The van der Waals surface area contributed by atoms with Crippen LogP contribution >= 0.6 is 0 Å². The number of alkyl halides is 1. The summed E-state index contributed by atoms with van der Waals surface area (Å²) in [6.45, 7) is -0.0953. The van der Waals surface area contributed by atoms with Crippen molar-refractivity contribution in [2.75, 3.05) is 19.8 Å². The molecule has 0 aromatic carbocycles. The van der Waals surface area contributed by atoms with Crippen LogP contribution in [0, 0.1) is 0 Å². The van der Waals surface area contributed by atoms with Crippen LogP contribution in [0.1, 0.15) is 38.5 Å². The third-order valence-electron chi connectivity index (χ3n) is 3.75. The van der Waals surface area contributed by atoms with Gasteiger partial charge in [-0.3, -0.25) is 9.59 Å². The maximum atomic E-state index is 12.4. The zero-order valence-corrected chi connectivity index (χ0v) is 10.0. The molecule has 17 heavy (non-hydrogen) atoms. The molecule has 5 heteroatoms. The molecule has 1 saturated carbocycles. The number of hydrogen-bond donors (Lipinski definition) is 1. The molecule has 1 spiro atoms. The van der Waals surface area contributed by atoms with Gasteiger partial charge in [0, 0.05) is 19.5 Å². The number of carbonyl (C=O) groups is 2. The third kappa shape index (κ3) is 2.42. The second-order valence-corrected chi connectivity index (χ2v) is 4.92. The summed E-state index contributed by atoms with van der Waals surface area (Å²) in [7, 11) is 0. The molecule has 96 valence electrons. The lowest BCUT2D eigenvalue weighted by molar-refractivity contribution is -0.140. The van der Waals surface area contributed by atoms with Gasteiger partial charge in [0.1, 0.15) is 12.2 Å². The van der Waals surface area contributed by atoms with Gasteiger partial charge in [-0.25, -0.2) is 4.39 Å². The van der Waals surface area contributed by atoms with Crippen molar-refractivity contribution < 1.29 is 14.0 Å². The first kappa shape index (κ1) is 12.3. The first-order valence-electron chi connectivity index (χ1n) is 6.34. The molecular weight excluding hydrogens is 223 g/mol. The Balaban J connectivity index is 2.20. The molecule has 0 atom stereocenters. The Bertz CT molecular complexity index is 314. The monoisotopic (exact) mass is 242 g/mol. The van der Waals surface area contributed by atoms with Crippen LogP contribution in [0.5, 0.6) is 0 Å². The molecule has 0 bridgehead atoms. The van der Waals surface area contributed by atoms with Gasteiger partial charge in [-0.2, -0.15) is 0 Å². The van der Waals surface area contributed by atoms with Gasteiger partial charge in [-0.15, -0.1) is 0 Å². The van der Waals surface area contributed by atoms with Crippen LogP contribution in [0.15, 0.2) is 0 Å². The van der Waals surface area contributed by atoms with E-state index in [1.54, 1.807) is 0 Å². The molecule has 1 saturated heterocycles. The maximum Gasteiger partial charge on any atom is 0.248 e. The summed E-state index contributed by atoms with van der Waals surface area (Å²) in [4.78, 5) is 25.6. The summed E-state index contributed by atoms with van der Waals surface area (Å²) in [5.41, 5.74) is -0.735. The Hall–Kier alpha value is -1.13. The summed E-state index contributed by atoms with van der Waals surface area (Å²) < 4.78 is 12.4. The average molecular weight is 242 g/mol. The highest BCUT2D eigenvalue weighted by atomic mass is 19.1. The summed E-state index contributed by atoms with van der Waals surface area (Å²) in [5, 5.41) is 2.88. The predicted octanol–water partition coefficient (Wildman–Crippen LogP) is 1.01. The lowest BCUT2D eigenvalue weighted by Gasteiger charge is -2.37. The van der Waals surface area contributed by atoms with Gasteiger partial charge in [0.2, 0.25) is 11.8 Å². The van der Waals surface area contributed by atoms with Gasteiger partial charge in [0.25, 0.3) is 0 Å². The second kappa shape index (κ2) is 5.02. The van der Waals surface area contributed by atoms with E-state index in [1.807, 2.05) is 0 Å². The molecule has 2 aliphatic rings. The molecule has 0 radical (unpaired) electrons. The molecule has 1 N–H and O–H groups in total. The van der Waals surface area contributed by atoms with E-state index in [0.29, 0.717) is 19.4 Å². The number of nitrogens with one attached hydrogen (secondary N) is 1. The standard InChI is InChI=1S/C12H19FN2O2/c13-7-9-15-8-4-10(16)14-12(11(15)17)5-2-1-3-6-12/h1-9H2,(H,14,16). The van der Waals surface area contributed by atoms with E-state index in [2.05, 4.69) is 5.32 Å². The lowest BCUT2D eigenvalue weighted by atomic mass is 9.80. The minimum Gasteiger partial charge on any atom is -0.342 e. The fourth-order valence-corrected chi connectivity index (χ4v) is 2.83. The fraction of sp³-hybridized carbons (Fsp3) is 0.833. The summed E-state index contributed by atoms with van der Waals surface area (Å²) in [5.74, 6) is -0.165. The van der Waals surface area contributed by atoms with Gasteiger partial charge in [-0.05, 0) is 12.8 Å². The smallest absolute Gasteiger partial charge is 0.248 e. The van der Waals surface area contributed by atoms with Crippen LogP contribution in [0.25, 0.3) is 0 Å². The Morgan fingerprint density at radius 3 is 2.59 bits per heavy atom. The lowest BCUT2D eigenvalue weighted by Crippen LogP contribution is -2.58. The van der Waals surface area contributed by atoms with E-state index in [4.69, 9.17) is 0 Å². The molecular formula is C12H19FN2O2. The zero-order chi connectivity index (χ0) is 12.3. The summed E-state index contributed by atoms with van der Waals surface area (Å²) >= 11 is 0. The van der Waals surface area contributed by atoms with Crippen LogP contribution in [0.2, 0.25) is 0 Å². The average Bonchev–Trinajstić information content (AvgIpc) is 2.43.